The Morgan fingerprint density at radius 3 is 2.62 bits per heavy atom. The van der Waals surface area contributed by atoms with Crippen molar-refractivity contribution in [2.24, 2.45) is 5.92 Å². The first-order valence-corrected chi connectivity index (χ1v) is 9.70. The molecule has 0 radical (unpaired) electrons. The Balaban J connectivity index is 3.15. The summed E-state index contributed by atoms with van der Waals surface area (Å²) in [6.45, 7) is 5.06. The molecule has 0 aromatic carbocycles. The van der Waals surface area contributed by atoms with E-state index in [1.807, 2.05) is 6.26 Å². The first-order chi connectivity index (χ1) is 7.66. The van der Waals surface area contributed by atoms with E-state index in [1.54, 1.807) is 20.6 Å². The molecule has 5 heteroatoms. The minimum absolute atomic E-state index is 0.0876. The fourth-order valence-electron chi connectivity index (χ4n) is 1.18. The van der Waals surface area contributed by atoms with Crippen LogP contribution < -0.4 is 0 Å². The first-order valence-electron chi connectivity index (χ1n) is 5.64. The van der Waals surface area contributed by atoms with Crippen LogP contribution in [0.15, 0.2) is 0 Å². The average molecular weight is 282 g/mol. The van der Waals surface area contributed by atoms with Crippen molar-refractivity contribution in [3.05, 3.63) is 0 Å². The van der Waals surface area contributed by atoms with Gasteiger partial charge in [-0.1, -0.05) is 54.7 Å². The summed E-state index contributed by atoms with van der Waals surface area (Å²) in [6, 6.07) is 0. The topological polar surface area (TPSA) is 26.3 Å². The van der Waals surface area contributed by atoms with Gasteiger partial charge in [-0.15, -0.1) is 0 Å². The van der Waals surface area contributed by atoms with Gasteiger partial charge in [0, 0.05) is 0 Å². The van der Waals surface area contributed by atoms with E-state index < -0.39 is 0 Å². The van der Waals surface area contributed by atoms with E-state index in [0.29, 0.717) is 12.4 Å². The van der Waals surface area contributed by atoms with Gasteiger partial charge in [-0.25, -0.2) is 0 Å². The zero-order chi connectivity index (χ0) is 12.2. The molecule has 0 aromatic rings. The highest BCUT2D eigenvalue weighted by molar-refractivity contribution is 9.09. The fraction of sp³-hybridized carbons (Fsp3) is 0.909. The second-order valence-electron chi connectivity index (χ2n) is 3.96. The second kappa shape index (κ2) is 12.0. The lowest BCUT2D eigenvalue weighted by Crippen LogP contribution is -2.07. The van der Waals surface area contributed by atoms with Crippen LogP contribution in [-0.4, -0.2) is 24.6 Å². The molecule has 0 atom stereocenters. The monoisotopic (exact) mass is 282 g/mol. The molecule has 0 unspecified atom stereocenters. The Hall–Kier alpha value is 0.520. The van der Waals surface area contributed by atoms with Crippen molar-refractivity contribution in [3.63, 3.8) is 0 Å². The van der Waals surface area contributed by atoms with Crippen molar-refractivity contribution in [2.75, 3.05) is 18.6 Å². The van der Waals surface area contributed by atoms with Crippen LogP contribution in [0.3, 0.4) is 0 Å². The summed E-state index contributed by atoms with van der Waals surface area (Å²) in [5.74, 6) is 1.15. The molecule has 0 spiro atoms. The molecule has 0 rings (SSSR count). The van der Waals surface area contributed by atoms with Gasteiger partial charge in [0.25, 0.3) is 0 Å². The number of ether oxygens (including phenoxy) is 1. The minimum atomic E-state index is -0.0876. The molecule has 0 aliphatic heterocycles. The van der Waals surface area contributed by atoms with Gasteiger partial charge in [0.15, 0.2) is 0 Å². The molecule has 0 saturated heterocycles. The zero-order valence-corrected chi connectivity index (χ0v) is 12.8. The second-order valence-corrected chi connectivity index (χ2v) is 8.29. The van der Waals surface area contributed by atoms with E-state index in [0.717, 1.165) is 18.8 Å². The molecule has 0 heterocycles. The zero-order valence-electron chi connectivity index (χ0n) is 10.4. The van der Waals surface area contributed by atoms with E-state index in [9.17, 15) is 4.79 Å². The number of unbranched alkanes of at least 4 members (excludes halogenated alkanes) is 2. The first kappa shape index (κ1) is 16.5. The lowest BCUT2D eigenvalue weighted by Gasteiger charge is -2.05. The van der Waals surface area contributed by atoms with Crippen LogP contribution in [-0.2, 0) is 9.53 Å². The predicted octanol–water partition coefficient (Wildman–Crippen LogP) is 4.41. The van der Waals surface area contributed by atoms with Crippen LogP contribution in [0.1, 0.15) is 39.5 Å². The molecule has 0 amide bonds. The molecule has 0 aromatic heterocycles. The summed E-state index contributed by atoms with van der Waals surface area (Å²) in [5.41, 5.74) is 0. The number of hydrogen-bond donors (Lipinski definition) is 0. The van der Waals surface area contributed by atoms with Crippen molar-refractivity contribution in [1.29, 1.82) is 0 Å². The van der Waals surface area contributed by atoms with Crippen molar-refractivity contribution in [1.82, 2.24) is 0 Å². The third-order valence-corrected chi connectivity index (χ3v) is 5.71. The maximum atomic E-state index is 11.2. The van der Waals surface area contributed by atoms with E-state index in [4.69, 9.17) is 4.74 Å². The van der Waals surface area contributed by atoms with Crippen molar-refractivity contribution in [3.8, 4) is 0 Å². The Morgan fingerprint density at radius 1 is 1.25 bits per heavy atom. The molecule has 16 heavy (non-hydrogen) atoms. The van der Waals surface area contributed by atoms with Gasteiger partial charge in [-0.2, -0.15) is 0 Å². The summed E-state index contributed by atoms with van der Waals surface area (Å²) < 4.78 is 5.11. The minimum Gasteiger partial charge on any atom is -0.465 e. The van der Waals surface area contributed by atoms with Crippen molar-refractivity contribution < 1.29 is 9.53 Å². The molecule has 2 nitrogen and oxygen atoms in total. The number of esters is 1. The van der Waals surface area contributed by atoms with Gasteiger partial charge in [0.2, 0.25) is 0 Å². The summed E-state index contributed by atoms with van der Waals surface area (Å²) in [7, 11) is 4.81. The highest BCUT2D eigenvalue weighted by atomic mass is 33.5. The summed E-state index contributed by atoms with van der Waals surface area (Å²) in [5, 5.41) is 0. The molecular weight excluding hydrogens is 260 g/mol. The maximum Gasteiger partial charge on any atom is 0.316 e. The fourth-order valence-corrected chi connectivity index (χ4v) is 3.52. The van der Waals surface area contributed by atoms with Crippen molar-refractivity contribution in [2.45, 2.75) is 39.5 Å². The summed E-state index contributed by atoms with van der Waals surface area (Å²) >= 11 is 0. The smallest absolute Gasteiger partial charge is 0.316 e. The number of hydrogen-bond acceptors (Lipinski definition) is 5. The number of rotatable bonds is 10. The quantitative estimate of drug-likeness (QED) is 0.336. The third-order valence-electron chi connectivity index (χ3n) is 1.98. The Morgan fingerprint density at radius 2 is 2.00 bits per heavy atom. The van der Waals surface area contributed by atoms with E-state index in [-0.39, 0.29) is 5.97 Å². The lowest BCUT2D eigenvalue weighted by atomic mass is 10.1. The summed E-state index contributed by atoms with van der Waals surface area (Å²) in [4.78, 5) is 11.2. The van der Waals surface area contributed by atoms with E-state index >= 15 is 0 Å². The number of carbonyl (C=O) groups excluding carboxylic acids is 1. The molecule has 0 bridgehead atoms. The van der Waals surface area contributed by atoms with E-state index in [1.165, 1.54) is 23.6 Å². The predicted molar refractivity (Wildman–Crippen MR) is 77.8 cm³/mol. The molecule has 96 valence electrons. The van der Waals surface area contributed by atoms with Crippen molar-refractivity contribution >= 4 is 37.4 Å². The number of carbonyl (C=O) groups is 1. The SMILES string of the molecule is CSSSCC(=O)OCCCCCC(C)C. The van der Waals surface area contributed by atoms with Crippen LogP contribution >= 0.6 is 31.4 Å². The van der Waals surface area contributed by atoms with Gasteiger partial charge < -0.3 is 4.74 Å². The van der Waals surface area contributed by atoms with Gasteiger partial charge in [0.1, 0.15) is 5.75 Å². The highest BCUT2D eigenvalue weighted by Gasteiger charge is 2.02. The lowest BCUT2D eigenvalue weighted by molar-refractivity contribution is -0.140. The molecule has 0 aliphatic rings. The van der Waals surface area contributed by atoms with Crippen LogP contribution in [0, 0.1) is 5.92 Å². The Labute approximate surface area is 111 Å². The normalized spacial score (nSPS) is 10.8. The highest BCUT2D eigenvalue weighted by Crippen LogP contribution is 2.31. The van der Waals surface area contributed by atoms with Crippen LogP contribution in [0.2, 0.25) is 0 Å². The molecule has 0 N–H and O–H groups in total. The van der Waals surface area contributed by atoms with Gasteiger partial charge in [0.05, 0.1) is 6.61 Å². The molecular formula is C11H22O2S3. The molecule has 0 aliphatic carbocycles. The van der Waals surface area contributed by atoms with Gasteiger partial charge in [-0.05, 0) is 28.4 Å². The Kier molecular flexibility index (Phi) is 12.4. The van der Waals surface area contributed by atoms with E-state index in [2.05, 4.69) is 13.8 Å². The average Bonchev–Trinajstić information content (AvgIpc) is 2.23. The standard InChI is InChI=1S/C11H22O2S3/c1-10(2)7-5-4-6-8-13-11(12)9-15-16-14-3/h10H,4-9H2,1-3H3. The summed E-state index contributed by atoms with van der Waals surface area (Å²) in [6.07, 6.45) is 6.68. The Bertz CT molecular complexity index is 175. The van der Waals surface area contributed by atoms with Gasteiger partial charge in [-0.3, -0.25) is 4.79 Å². The van der Waals surface area contributed by atoms with Crippen LogP contribution in [0.25, 0.3) is 0 Å². The van der Waals surface area contributed by atoms with Crippen LogP contribution in [0.4, 0.5) is 0 Å². The maximum absolute atomic E-state index is 11.2. The molecule has 0 fully saturated rings. The van der Waals surface area contributed by atoms with Gasteiger partial charge >= 0.3 is 5.97 Å². The molecule has 0 saturated carbocycles. The third kappa shape index (κ3) is 12.6. The van der Waals surface area contributed by atoms with Crippen LogP contribution in [0.5, 0.6) is 0 Å². The largest absolute Gasteiger partial charge is 0.465 e.